The fraction of sp³-hybridized carbons (Fsp3) is 0.727. The van der Waals surface area contributed by atoms with E-state index in [1.54, 1.807) is 22.4 Å². The predicted molar refractivity (Wildman–Crippen MR) is 59.6 cm³/mol. The molecular weight excluding hydrogens is 190 g/mol. The summed E-state index contributed by atoms with van der Waals surface area (Å²) < 4.78 is 3.30. The zero-order valence-electron chi connectivity index (χ0n) is 9.22. The molecule has 0 amide bonds. The second-order valence-electron chi connectivity index (χ2n) is 4.55. The first kappa shape index (κ1) is 10.5. The molecule has 0 saturated heterocycles. The fourth-order valence-electron chi connectivity index (χ4n) is 2.41. The van der Waals surface area contributed by atoms with Crippen LogP contribution in [0.15, 0.2) is 17.2 Å². The lowest BCUT2D eigenvalue weighted by Gasteiger charge is -2.18. The lowest BCUT2D eigenvalue weighted by Crippen LogP contribution is -2.36. The minimum Gasteiger partial charge on any atom is -0.326 e. The maximum absolute atomic E-state index is 11.6. The molecule has 15 heavy (non-hydrogen) atoms. The van der Waals surface area contributed by atoms with Gasteiger partial charge in [-0.25, -0.2) is 4.79 Å². The third-order valence-corrected chi connectivity index (χ3v) is 3.43. The number of hydrogen-bond donors (Lipinski definition) is 1. The zero-order chi connectivity index (χ0) is 10.8. The van der Waals surface area contributed by atoms with E-state index in [-0.39, 0.29) is 11.7 Å². The maximum atomic E-state index is 11.6. The van der Waals surface area contributed by atoms with Crippen LogP contribution in [0.4, 0.5) is 0 Å². The normalized spacial score (nSPS) is 19.6. The molecule has 2 rings (SSSR count). The Hall–Kier alpha value is -1.03. The largest absolute Gasteiger partial charge is 0.327 e. The van der Waals surface area contributed by atoms with E-state index in [9.17, 15) is 4.79 Å². The van der Waals surface area contributed by atoms with Crippen molar-refractivity contribution in [1.29, 1.82) is 0 Å². The van der Waals surface area contributed by atoms with Crippen molar-refractivity contribution in [3.63, 3.8) is 0 Å². The summed E-state index contributed by atoms with van der Waals surface area (Å²) in [4.78, 5) is 11.6. The molecule has 1 fully saturated rings. The standard InChI is InChI=1S/C11H19N3O/c1-13-6-7-14(11(13)15)8-10(12)9-4-2-3-5-9/h6-7,9-10H,2-5,8,12H2,1H3. The van der Waals surface area contributed by atoms with Gasteiger partial charge in [-0.05, 0) is 18.8 Å². The summed E-state index contributed by atoms with van der Waals surface area (Å²) in [5, 5.41) is 0. The summed E-state index contributed by atoms with van der Waals surface area (Å²) in [5.41, 5.74) is 6.15. The predicted octanol–water partition coefficient (Wildman–Crippen LogP) is 0.704. The third-order valence-electron chi connectivity index (χ3n) is 3.43. The van der Waals surface area contributed by atoms with Crippen LogP contribution in [0.2, 0.25) is 0 Å². The van der Waals surface area contributed by atoms with Crippen LogP contribution in [-0.2, 0) is 13.6 Å². The van der Waals surface area contributed by atoms with Crippen molar-refractivity contribution in [3.8, 4) is 0 Å². The first-order chi connectivity index (χ1) is 7.18. The number of nitrogens with zero attached hydrogens (tertiary/aromatic N) is 2. The maximum Gasteiger partial charge on any atom is 0.327 e. The summed E-state index contributed by atoms with van der Waals surface area (Å²) >= 11 is 0. The Morgan fingerprint density at radius 2 is 2.13 bits per heavy atom. The minimum atomic E-state index is 0.0310. The highest BCUT2D eigenvalue weighted by atomic mass is 16.1. The molecule has 1 saturated carbocycles. The van der Waals surface area contributed by atoms with Gasteiger partial charge in [-0.3, -0.25) is 4.57 Å². The van der Waals surface area contributed by atoms with Crippen LogP contribution in [0.1, 0.15) is 25.7 Å². The number of aromatic nitrogens is 2. The molecule has 4 nitrogen and oxygen atoms in total. The quantitative estimate of drug-likeness (QED) is 0.797. The van der Waals surface area contributed by atoms with E-state index in [0.29, 0.717) is 12.5 Å². The Balaban J connectivity index is 2.02. The van der Waals surface area contributed by atoms with Gasteiger partial charge in [0.2, 0.25) is 0 Å². The van der Waals surface area contributed by atoms with E-state index < -0.39 is 0 Å². The highest BCUT2D eigenvalue weighted by Crippen LogP contribution is 2.27. The molecule has 0 aromatic carbocycles. The Kier molecular flexibility index (Phi) is 2.95. The summed E-state index contributed by atoms with van der Waals surface area (Å²) in [6.45, 7) is 0.657. The number of hydrogen-bond acceptors (Lipinski definition) is 2. The molecule has 0 spiro atoms. The van der Waals surface area contributed by atoms with Crippen molar-refractivity contribution in [3.05, 3.63) is 22.9 Å². The van der Waals surface area contributed by atoms with E-state index in [0.717, 1.165) is 0 Å². The molecule has 1 heterocycles. The lowest BCUT2D eigenvalue weighted by molar-refractivity contribution is 0.382. The first-order valence-electron chi connectivity index (χ1n) is 5.66. The van der Waals surface area contributed by atoms with Crippen LogP contribution in [0, 0.1) is 5.92 Å². The van der Waals surface area contributed by atoms with Gasteiger partial charge in [-0.15, -0.1) is 0 Å². The average Bonchev–Trinajstić information content (AvgIpc) is 2.83. The van der Waals surface area contributed by atoms with Crippen molar-refractivity contribution in [1.82, 2.24) is 9.13 Å². The Morgan fingerprint density at radius 3 is 2.67 bits per heavy atom. The highest BCUT2D eigenvalue weighted by molar-refractivity contribution is 4.84. The highest BCUT2D eigenvalue weighted by Gasteiger charge is 2.22. The van der Waals surface area contributed by atoms with Crippen molar-refractivity contribution in [2.24, 2.45) is 18.7 Å². The van der Waals surface area contributed by atoms with Gasteiger partial charge in [0, 0.05) is 32.0 Å². The molecule has 1 aliphatic carbocycles. The van der Waals surface area contributed by atoms with E-state index in [4.69, 9.17) is 5.73 Å². The second-order valence-corrected chi connectivity index (χ2v) is 4.55. The topological polar surface area (TPSA) is 52.9 Å². The molecule has 1 atom stereocenters. The molecule has 0 aliphatic heterocycles. The molecule has 0 radical (unpaired) electrons. The second kappa shape index (κ2) is 4.23. The summed E-state index contributed by atoms with van der Waals surface area (Å²) in [7, 11) is 1.76. The van der Waals surface area contributed by atoms with Gasteiger partial charge >= 0.3 is 5.69 Å². The van der Waals surface area contributed by atoms with Crippen LogP contribution < -0.4 is 11.4 Å². The molecule has 2 N–H and O–H groups in total. The van der Waals surface area contributed by atoms with E-state index >= 15 is 0 Å². The molecule has 1 aromatic heterocycles. The summed E-state index contributed by atoms with van der Waals surface area (Å²) in [6, 6.07) is 0.132. The smallest absolute Gasteiger partial charge is 0.326 e. The monoisotopic (exact) mass is 209 g/mol. The number of imidazole rings is 1. The molecule has 1 aromatic rings. The van der Waals surface area contributed by atoms with E-state index in [2.05, 4.69) is 0 Å². The molecule has 84 valence electrons. The zero-order valence-corrected chi connectivity index (χ0v) is 9.22. The van der Waals surface area contributed by atoms with Crippen LogP contribution >= 0.6 is 0 Å². The fourth-order valence-corrected chi connectivity index (χ4v) is 2.41. The lowest BCUT2D eigenvalue weighted by atomic mass is 9.99. The number of nitrogens with two attached hydrogens (primary N) is 1. The summed E-state index contributed by atoms with van der Waals surface area (Å²) in [6.07, 6.45) is 8.64. The summed E-state index contributed by atoms with van der Waals surface area (Å²) in [5.74, 6) is 0.608. The van der Waals surface area contributed by atoms with Gasteiger partial charge in [-0.2, -0.15) is 0 Å². The van der Waals surface area contributed by atoms with Crippen LogP contribution in [0.3, 0.4) is 0 Å². The molecule has 0 bridgehead atoms. The van der Waals surface area contributed by atoms with Gasteiger partial charge in [-0.1, -0.05) is 12.8 Å². The Morgan fingerprint density at radius 1 is 1.47 bits per heavy atom. The van der Waals surface area contributed by atoms with Crippen molar-refractivity contribution in [2.75, 3.05) is 0 Å². The SMILES string of the molecule is Cn1ccn(CC(N)C2CCCC2)c1=O. The van der Waals surface area contributed by atoms with Crippen molar-refractivity contribution in [2.45, 2.75) is 38.3 Å². The van der Waals surface area contributed by atoms with Gasteiger partial charge in [0.1, 0.15) is 0 Å². The van der Waals surface area contributed by atoms with Gasteiger partial charge in [0.15, 0.2) is 0 Å². The van der Waals surface area contributed by atoms with E-state index in [1.165, 1.54) is 25.7 Å². The van der Waals surface area contributed by atoms with Crippen LogP contribution in [-0.4, -0.2) is 15.2 Å². The Bertz CT molecular complexity index is 373. The molecule has 1 aliphatic rings. The number of aryl methyl sites for hydroxylation is 1. The first-order valence-corrected chi connectivity index (χ1v) is 5.66. The number of rotatable bonds is 3. The van der Waals surface area contributed by atoms with Crippen molar-refractivity contribution < 1.29 is 0 Å². The van der Waals surface area contributed by atoms with Gasteiger partial charge in [0.25, 0.3) is 0 Å². The third kappa shape index (κ3) is 2.15. The Labute approximate surface area is 89.7 Å². The molecular formula is C11H19N3O. The van der Waals surface area contributed by atoms with Crippen LogP contribution in [0.25, 0.3) is 0 Å². The molecule has 4 heteroatoms. The van der Waals surface area contributed by atoms with E-state index in [1.807, 2.05) is 6.20 Å². The minimum absolute atomic E-state index is 0.0310. The average molecular weight is 209 g/mol. The molecule has 1 unspecified atom stereocenters. The van der Waals surface area contributed by atoms with Gasteiger partial charge < -0.3 is 10.3 Å². The van der Waals surface area contributed by atoms with Crippen LogP contribution in [0.5, 0.6) is 0 Å². The van der Waals surface area contributed by atoms with Gasteiger partial charge in [0.05, 0.1) is 0 Å². The van der Waals surface area contributed by atoms with Crippen molar-refractivity contribution >= 4 is 0 Å².